The summed E-state index contributed by atoms with van der Waals surface area (Å²) in [5.41, 5.74) is 1.42. The third kappa shape index (κ3) is 3.80. The van der Waals surface area contributed by atoms with Gasteiger partial charge in [0.2, 0.25) is 5.91 Å². The van der Waals surface area contributed by atoms with Gasteiger partial charge in [-0.05, 0) is 36.3 Å². The van der Waals surface area contributed by atoms with Gasteiger partial charge in [-0.3, -0.25) is 9.69 Å². The van der Waals surface area contributed by atoms with E-state index in [2.05, 4.69) is 30.2 Å². The topological polar surface area (TPSA) is 23.6 Å². The van der Waals surface area contributed by atoms with Crippen LogP contribution in [0.2, 0.25) is 0 Å². The van der Waals surface area contributed by atoms with Gasteiger partial charge in [0.05, 0.1) is 6.54 Å². The number of thiophene rings is 1. The summed E-state index contributed by atoms with van der Waals surface area (Å²) in [5.74, 6) is 0.294. The van der Waals surface area contributed by atoms with Crippen molar-refractivity contribution in [1.29, 1.82) is 0 Å². The smallest absolute Gasteiger partial charge is 0.236 e. The average Bonchev–Trinajstić information content (AvgIpc) is 2.86. The Morgan fingerprint density at radius 3 is 2.79 bits per heavy atom. The molecule has 2 heterocycles. The Bertz CT molecular complexity index is 410. The Kier molecular flexibility index (Phi) is 5.40. The van der Waals surface area contributed by atoms with Crippen LogP contribution in [0.3, 0.4) is 0 Å². The molecule has 0 aliphatic carbocycles. The van der Waals surface area contributed by atoms with Crippen LogP contribution in [0.5, 0.6) is 0 Å². The van der Waals surface area contributed by atoms with Gasteiger partial charge in [0.1, 0.15) is 0 Å². The largest absolute Gasteiger partial charge is 0.342 e. The summed E-state index contributed by atoms with van der Waals surface area (Å²) in [6.45, 7) is 8.59. The molecule has 0 spiro atoms. The van der Waals surface area contributed by atoms with E-state index < -0.39 is 0 Å². The van der Waals surface area contributed by atoms with Crippen molar-refractivity contribution in [1.82, 2.24) is 9.80 Å². The molecule has 1 amide bonds. The van der Waals surface area contributed by atoms with Gasteiger partial charge in [-0.1, -0.05) is 13.8 Å². The molecule has 1 aromatic heterocycles. The number of rotatable bonds is 6. The molecule has 0 saturated carbocycles. The fourth-order valence-electron chi connectivity index (χ4n) is 2.63. The number of carbonyl (C=O) groups excluding carboxylic acids is 1. The van der Waals surface area contributed by atoms with E-state index in [0.29, 0.717) is 12.5 Å². The highest BCUT2D eigenvalue weighted by molar-refractivity contribution is 7.10. The third-order valence-electron chi connectivity index (χ3n) is 3.59. The van der Waals surface area contributed by atoms with E-state index >= 15 is 0 Å². The molecule has 1 aliphatic heterocycles. The van der Waals surface area contributed by atoms with Gasteiger partial charge in [0.25, 0.3) is 0 Å². The fraction of sp³-hybridized carbons (Fsp3) is 0.667. The zero-order valence-electron chi connectivity index (χ0n) is 12.0. The molecule has 0 saturated heterocycles. The van der Waals surface area contributed by atoms with E-state index in [9.17, 15) is 4.79 Å². The van der Waals surface area contributed by atoms with Crippen molar-refractivity contribution in [3.63, 3.8) is 0 Å². The summed E-state index contributed by atoms with van der Waals surface area (Å²) in [7, 11) is 0. The monoisotopic (exact) mass is 280 g/mol. The molecular weight excluding hydrogens is 256 g/mol. The lowest BCUT2D eigenvalue weighted by molar-refractivity contribution is -0.132. The Labute approximate surface area is 120 Å². The first kappa shape index (κ1) is 14.5. The van der Waals surface area contributed by atoms with Gasteiger partial charge in [-0.15, -0.1) is 11.3 Å². The molecule has 4 heteroatoms. The molecule has 0 atom stereocenters. The molecule has 2 rings (SSSR count). The summed E-state index contributed by atoms with van der Waals surface area (Å²) >= 11 is 1.85. The quantitative estimate of drug-likeness (QED) is 0.800. The van der Waals surface area contributed by atoms with Crippen molar-refractivity contribution < 1.29 is 4.79 Å². The van der Waals surface area contributed by atoms with E-state index in [-0.39, 0.29) is 0 Å². The summed E-state index contributed by atoms with van der Waals surface area (Å²) in [6.07, 6.45) is 3.18. The van der Waals surface area contributed by atoms with Crippen LogP contribution in [-0.2, 0) is 17.8 Å². The number of hydrogen-bond acceptors (Lipinski definition) is 3. The van der Waals surface area contributed by atoms with Crippen LogP contribution in [0.15, 0.2) is 11.4 Å². The normalized spacial score (nSPS) is 15.3. The maximum atomic E-state index is 12.3. The number of hydrogen-bond donors (Lipinski definition) is 0. The molecular formula is C15H24N2OS. The highest BCUT2D eigenvalue weighted by Gasteiger charge is 2.21. The second-order valence-electron chi connectivity index (χ2n) is 5.21. The lowest BCUT2D eigenvalue weighted by Gasteiger charge is -2.29. The molecule has 3 nitrogen and oxygen atoms in total. The summed E-state index contributed by atoms with van der Waals surface area (Å²) in [4.78, 5) is 18.1. The lowest BCUT2D eigenvalue weighted by atomic mass is 10.1. The fourth-order valence-corrected chi connectivity index (χ4v) is 3.52. The zero-order chi connectivity index (χ0) is 13.7. The van der Waals surface area contributed by atoms with E-state index in [4.69, 9.17) is 0 Å². The summed E-state index contributed by atoms with van der Waals surface area (Å²) < 4.78 is 0. The van der Waals surface area contributed by atoms with Crippen LogP contribution in [0, 0.1) is 0 Å². The number of carbonyl (C=O) groups is 1. The molecule has 0 unspecified atom stereocenters. The molecule has 106 valence electrons. The van der Waals surface area contributed by atoms with Crippen molar-refractivity contribution in [2.45, 2.75) is 39.7 Å². The molecule has 0 N–H and O–H groups in total. The van der Waals surface area contributed by atoms with Crippen molar-refractivity contribution in [3.05, 3.63) is 21.9 Å². The summed E-state index contributed by atoms with van der Waals surface area (Å²) in [5, 5.41) is 2.16. The molecule has 19 heavy (non-hydrogen) atoms. The van der Waals surface area contributed by atoms with Gasteiger partial charge in [-0.2, -0.15) is 0 Å². The van der Waals surface area contributed by atoms with Crippen molar-refractivity contribution in [2.75, 3.05) is 26.2 Å². The van der Waals surface area contributed by atoms with Gasteiger partial charge in [0, 0.05) is 31.1 Å². The molecule has 0 fully saturated rings. The average molecular weight is 280 g/mol. The molecule has 1 aromatic rings. The Hall–Kier alpha value is -0.870. The van der Waals surface area contributed by atoms with Gasteiger partial charge in [0.15, 0.2) is 0 Å². The van der Waals surface area contributed by atoms with Crippen LogP contribution in [0.1, 0.15) is 37.1 Å². The lowest BCUT2D eigenvalue weighted by Crippen LogP contribution is -2.42. The molecule has 1 aliphatic rings. The van der Waals surface area contributed by atoms with Crippen molar-refractivity contribution in [2.24, 2.45) is 0 Å². The predicted octanol–water partition coefficient (Wildman–Crippen LogP) is 2.75. The number of nitrogens with zero attached hydrogens (tertiary/aromatic N) is 2. The minimum Gasteiger partial charge on any atom is -0.342 e. The Balaban J connectivity index is 1.88. The van der Waals surface area contributed by atoms with Crippen LogP contribution in [-0.4, -0.2) is 41.9 Å². The standard InChI is InChI=1S/C15H24N2OS/c1-3-7-17(8-4-2)15(18)12-16-9-5-14-13(11-16)6-10-19-14/h6,10H,3-5,7-9,11-12H2,1-2H3. The van der Waals surface area contributed by atoms with E-state index in [1.54, 1.807) is 0 Å². The van der Waals surface area contributed by atoms with Crippen LogP contribution >= 0.6 is 11.3 Å². The third-order valence-corrected chi connectivity index (χ3v) is 4.61. The first-order valence-electron chi connectivity index (χ1n) is 7.30. The van der Waals surface area contributed by atoms with E-state index in [1.165, 1.54) is 10.4 Å². The second-order valence-corrected chi connectivity index (χ2v) is 6.21. The maximum Gasteiger partial charge on any atom is 0.236 e. The van der Waals surface area contributed by atoms with Crippen molar-refractivity contribution >= 4 is 17.2 Å². The maximum absolute atomic E-state index is 12.3. The summed E-state index contributed by atoms with van der Waals surface area (Å²) in [6, 6.07) is 2.20. The minimum atomic E-state index is 0.294. The van der Waals surface area contributed by atoms with Crippen LogP contribution in [0.4, 0.5) is 0 Å². The first-order chi connectivity index (χ1) is 9.24. The van der Waals surface area contributed by atoms with Crippen LogP contribution in [0.25, 0.3) is 0 Å². The SMILES string of the molecule is CCCN(CCC)C(=O)CN1CCc2sccc2C1. The minimum absolute atomic E-state index is 0.294. The highest BCUT2D eigenvalue weighted by Crippen LogP contribution is 2.23. The van der Waals surface area contributed by atoms with Gasteiger partial charge in [-0.25, -0.2) is 0 Å². The van der Waals surface area contributed by atoms with Crippen LogP contribution < -0.4 is 0 Å². The van der Waals surface area contributed by atoms with E-state index in [1.807, 2.05) is 16.2 Å². The zero-order valence-corrected chi connectivity index (χ0v) is 12.8. The Morgan fingerprint density at radius 1 is 1.37 bits per heavy atom. The second kappa shape index (κ2) is 7.06. The van der Waals surface area contributed by atoms with Gasteiger partial charge >= 0.3 is 0 Å². The Morgan fingerprint density at radius 2 is 2.11 bits per heavy atom. The molecule has 0 aromatic carbocycles. The van der Waals surface area contributed by atoms with E-state index in [0.717, 1.165) is 45.4 Å². The first-order valence-corrected chi connectivity index (χ1v) is 8.18. The van der Waals surface area contributed by atoms with Crippen molar-refractivity contribution in [3.8, 4) is 0 Å². The predicted molar refractivity (Wildman–Crippen MR) is 80.5 cm³/mol. The van der Waals surface area contributed by atoms with Gasteiger partial charge < -0.3 is 4.90 Å². The number of amides is 1. The highest BCUT2D eigenvalue weighted by atomic mass is 32.1. The molecule has 0 bridgehead atoms. The molecule has 0 radical (unpaired) electrons. The number of fused-ring (bicyclic) bond motifs is 1.